The first-order valence-electron chi connectivity index (χ1n) is 7.16. The molecule has 2 rings (SSSR count). The van der Waals surface area contributed by atoms with Gasteiger partial charge in [0.1, 0.15) is 22.8 Å². The summed E-state index contributed by atoms with van der Waals surface area (Å²) in [6.07, 6.45) is 0.433. The van der Waals surface area contributed by atoms with Gasteiger partial charge in [-0.3, -0.25) is 4.79 Å². The van der Waals surface area contributed by atoms with E-state index in [0.717, 1.165) is 0 Å². The summed E-state index contributed by atoms with van der Waals surface area (Å²) in [5.41, 5.74) is 0.885. The SMILES string of the molecule is CCC(=O)c1ccc(OC(=O)c2ccc(OC)cc2OC)cc1. The normalized spacial score (nSPS) is 10.0. The third-order valence-electron chi connectivity index (χ3n) is 3.34. The van der Waals surface area contributed by atoms with Crippen LogP contribution in [-0.4, -0.2) is 26.0 Å². The van der Waals surface area contributed by atoms with Gasteiger partial charge in [-0.05, 0) is 36.4 Å². The van der Waals surface area contributed by atoms with Gasteiger partial charge in [0, 0.05) is 18.1 Å². The third-order valence-corrected chi connectivity index (χ3v) is 3.34. The summed E-state index contributed by atoms with van der Waals surface area (Å²) in [5.74, 6) is 0.812. The molecule has 23 heavy (non-hydrogen) atoms. The van der Waals surface area contributed by atoms with Crippen LogP contribution in [0.5, 0.6) is 17.2 Å². The minimum atomic E-state index is -0.543. The zero-order valence-electron chi connectivity index (χ0n) is 13.3. The molecule has 0 aromatic heterocycles. The van der Waals surface area contributed by atoms with Crippen molar-refractivity contribution in [2.24, 2.45) is 0 Å². The van der Waals surface area contributed by atoms with E-state index in [2.05, 4.69) is 0 Å². The molecule has 0 aliphatic heterocycles. The summed E-state index contributed by atoms with van der Waals surface area (Å²) in [6.45, 7) is 1.80. The lowest BCUT2D eigenvalue weighted by atomic mass is 10.1. The summed E-state index contributed by atoms with van der Waals surface area (Å²) in [6, 6.07) is 11.3. The molecule has 0 aliphatic rings. The van der Waals surface area contributed by atoms with Gasteiger partial charge >= 0.3 is 5.97 Å². The second kappa shape index (κ2) is 7.45. The zero-order valence-corrected chi connectivity index (χ0v) is 13.3. The fourth-order valence-corrected chi connectivity index (χ4v) is 2.04. The molecule has 0 atom stereocenters. The molecule has 5 heteroatoms. The molecule has 0 aliphatic carbocycles. The monoisotopic (exact) mass is 314 g/mol. The lowest BCUT2D eigenvalue weighted by Crippen LogP contribution is -2.10. The molecule has 120 valence electrons. The van der Waals surface area contributed by atoms with Crippen LogP contribution in [-0.2, 0) is 0 Å². The van der Waals surface area contributed by atoms with Crippen LogP contribution in [0.4, 0.5) is 0 Å². The quantitative estimate of drug-likeness (QED) is 0.464. The lowest BCUT2D eigenvalue weighted by Gasteiger charge is -2.10. The number of carbonyl (C=O) groups excluding carboxylic acids is 2. The van der Waals surface area contributed by atoms with Crippen LogP contribution in [0.15, 0.2) is 42.5 Å². The summed E-state index contributed by atoms with van der Waals surface area (Å²) >= 11 is 0. The molecule has 2 aromatic rings. The Labute approximate surface area is 134 Å². The fourth-order valence-electron chi connectivity index (χ4n) is 2.04. The molecule has 5 nitrogen and oxygen atoms in total. The standard InChI is InChI=1S/C18H18O5/c1-4-16(19)12-5-7-13(8-6-12)23-18(20)15-10-9-14(21-2)11-17(15)22-3/h5-11H,4H2,1-3H3. The van der Waals surface area contributed by atoms with Crippen molar-refractivity contribution in [2.75, 3.05) is 14.2 Å². The molecule has 0 fully saturated rings. The Morgan fingerprint density at radius 1 is 0.913 bits per heavy atom. The van der Waals surface area contributed by atoms with Gasteiger partial charge in [0.25, 0.3) is 0 Å². The van der Waals surface area contributed by atoms with E-state index in [0.29, 0.717) is 34.8 Å². The number of methoxy groups -OCH3 is 2. The molecular formula is C18H18O5. The molecule has 0 bridgehead atoms. The predicted octanol–water partition coefficient (Wildman–Crippen LogP) is 3.52. The van der Waals surface area contributed by atoms with E-state index >= 15 is 0 Å². The Hall–Kier alpha value is -2.82. The molecule has 0 N–H and O–H groups in total. The van der Waals surface area contributed by atoms with Crippen molar-refractivity contribution in [2.45, 2.75) is 13.3 Å². The van der Waals surface area contributed by atoms with Gasteiger partial charge in [0.15, 0.2) is 5.78 Å². The predicted molar refractivity (Wildman–Crippen MR) is 85.6 cm³/mol. The summed E-state index contributed by atoms with van der Waals surface area (Å²) in [4.78, 5) is 23.8. The second-order valence-electron chi connectivity index (χ2n) is 4.76. The van der Waals surface area contributed by atoms with Crippen LogP contribution in [0.2, 0.25) is 0 Å². The Morgan fingerprint density at radius 2 is 1.57 bits per heavy atom. The van der Waals surface area contributed by atoms with Gasteiger partial charge in [-0.2, -0.15) is 0 Å². The number of ketones is 1. The van der Waals surface area contributed by atoms with E-state index in [1.54, 1.807) is 49.4 Å². The number of ether oxygens (including phenoxy) is 3. The van der Waals surface area contributed by atoms with E-state index in [1.807, 2.05) is 0 Å². The van der Waals surface area contributed by atoms with E-state index in [9.17, 15) is 9.59 Å². The maximum Gasteiger partial charge on any atom is 0.347 e. The number of hydrogen-bond donors (Lipinski definition) is 0. The van der Waals surface area contributed by atoms with Crippen molar-refractivity contribution in [1.29, 1.82) is 0 Å². The smallest absolute Gasteiger partial charge is 0.347 e. The Balaban J connectivity index is 2.17. The van der Waals surface area contributed by atoms with Crippen molar-refractivity contribution in [3.63, 3.8) is 0 Å². The van der Waals surface area contributed by atoms with Crippen molar-refractivity contribution in [3.8, 4) is 17.2 Å². The molecular weight excluding hydrogens is 296 g/mol. The van der Waals surface area contributed by atoms with Crippen molar-refractivity contribution >= 4 is 11.8 Å². The molecule has 0 spiro atoms. The first kappa shape index (κ1) is 16.5. The van der Waals surface area contributed by atoms with E-state index < -0.39 is 5.97 Å². The largest absolute Gasteiger partial charge is 0.497 e. The number of esters is 1. The average Bonchev–Trinajstić information content (AvgIpc) is 2.60. The van der Waals surface area contributed by atoms with Crippen LogP contribution in [0.1, 0.15) is 34.1 Å². The lowest BCUT2D eigenvalue weighted by molar-refractivity contribution is 0.0731. The van der Waals surface area contributed by atoms with Crippen molar-refractivity contribution in [3.05, 3.63) is 53.6 Å². The number of hydrogen-bond acceptors (Lipinski definition) is 5. The highest BCUT2D eigenvalue weighted by Gasteiger charge is 2.16. The van der Waals surface area contributed by atoms with E-state index in [1.165, 1.54) is 14.2 Å². The van der Waals surface area contributed by atoms with Gasteiger partial charge in [-0.25, -0.2) is 4.79 Å². The first-order valence-corrected chi connectivity index (χ1v) is 7.16. The summed E-state index contributed by atoms with van der Waals surface area (Å²) in [7, 11) is 3.00. The van der Waals surface area contributed by atoms with Gasteiger partial charge < -0.3 is 14.2 Å². The molecule has 0 amide bonds. The second-order valence-corrected chi connectivity index (χ2v) is 4.76. The number of carbonyl (C=O) groups is 2. The topological polar surface area (TPSA) is 61.8 Å². The van der Waals surface area contributed by atoms with Gasteiger partial charge in [0.05, 0.1) is 14.2 Å². The summed E-state index contributed by atoms with van der Waals surface area (Å²) in [5, 5.41) is 0. The van der Waals surface area contributed by atoms with Gasteiger partial charge in [0.2, 0.25) is 0 Å². The maximum absolute atomic E-state index is 12.3. The average molecular weight is 314 g/mol. The third kappa shape index (κ3) is 3.88. The Bertz CT molecular complexity index is 704. The zero-order chi connectivity index (χ0) is 16.8. The molecule has 2 aromatic carbocycles. The molecule has 0 unspecified atom stereocenters. The molecule has 0 heterocycles. The highest BCUT2D eigenvalue weighted by Crippen LogP contribution is 2.26. The van der Waals surface area contributed by atoms with Crippen molar-refractivity contribution in [1.82, 2.24) is 0 Å². The van der Waals surface area contributed by atoms with Crippen LogP contribution >= 0.6 is 0 Å². The Kier molecular flexibility index (Phi) is 5.36. The fraction of sp³-hybridized carbons (Fsp3) is 0.222. The number of rotatable bonds is 6. The van der Waals surface area contributed by atoms with Gasteiger partial charge in [-0.1, -0.05) is 6.92 Å². The molecule has 0 saturated heterocycles. The van der Waals surface area contributed by atoms with Gasteiger partial charge in [-0.15, -0.1) is 0 Å². The first-order chi connectivity index (χ1) is 11.1. The Morgan fingerprint density at radius 3 is 2.13 bits per heavy atom. The highest BCUT2D eigenvalue weighted by atomic mass is 16.5. The van der Waals surface area contributed by atoms with Crippen LogP contribution in [0, 0.1) is 0 Å². The van der Waals surface area contributed by atoms with E-state index in [-0.39, 0.29) is 5.78 Å². The minimum absolute atomic E-state index is 0.0414. The summed E-state index contributed by atoms with van der Waals surface area (Å²) < 4.78 is 15.6. The molecule has 0 radical (unpaired) electrons. The number of benzene rings is 2. The van der Waals surface area contributed by atoms with Crippen LogP contribution in [0.25, 0.3) is 0 Å². The van der Waals surface area contributed by atoms with Crippen LogP contribution in [0.3, 0.4) is 0 Å². The van der Waals surface area contributed by atoms with Crippen LogP contribution < -0.4 is 14.2 Å². The van der Waals surface area contributed by atoms with Crippen molar-refractivity contribution < 1.29 is 23.8 Å². The minimum Gasteiger partial charge on any atom is -0.497 e. The maximum atomic E-state index is 12.3. The highest BCUT2D eigenvalue weighted by molar-refractivity contribution is 5.96. The molecule has 0 saturated carbocycles. The van der Waals surface area contributed by atoms with E-state index in [4.69, 9.17) is 14.2 Å². The number of Topliss-reactive ketones (excluding diaryl/α,β-unsaturated/α-hetero) is 1.